The minimum Gasteiger partial charge on any atom is -0.337 e. The molecular weight excluding hydrogens is 322 g/mol. The molecule has 2 aromatic rings. The number of urea groups is 1. The molecular formula is C20H22F2N2O. The van der Waals surface area contributed by atoms with Crippen LogP contribution in [0.3, 0.4) is 0 Å². The molecule has 25 heavy (non-hydrogen) atoms. The van der Waals surface area contributed by atoms with Crippen molar-refractivity contribution in [1.82, 2.24) is 5.32 Å². The first-order valence-electron chi connectivity index (χ1n) is 8.31. The third-order valence-electron chi connectivity index (χ3n) is 5.19. The quantitative estimate of drug-likeness (QED) is 0.825. The van der Waals surface area contributed by atoms with Gasteiger partial charge in [0.15, 0.2) is 0 Å². The lowest BCUT2D eigenvalue weighted by Crippen LogP contribution is -2.37. The van der Waals surface area contributed by atoms with Gasteiger partial charge in [0.2, 0.25) is 0 Å². The van der Waals surface area contributed by atoms with E-state index in [4.69, 9.17) is 0 Å². The number of hydrogen-bond acceptors (Lipinski definition) is 1. The predicted octanol–water partition coefficient (Wildman–Crippen LogP) is 4.76. The van der Waals surface area contributed by atoms with Gasteiger partial charge in [0, 0.05) is 23.7 Å². The standard InChI is InChI=1S/C20H22F2N2O/c1-13-5-4-6-15(9-13)24-18(25)23-12-20(11-19(20,2)3)16-8-7-14(21)10-17(16)22/h4-10H,11-12H2,1-3H3,(H2,23,24,25). The number of carbonyl (C=O) groups is 1. The van der Waals surface area contributed by atoms with Gasteiger partial charge >= 0.3 is 6.03 Å². The zero-order valence-corrected chi connectivity index (χ0v) is 14.6. The number of aryl methyl sites for hydroxylation is 1. The average Bonchev–Trinajstić information content (AvgIpc) is 3.07. The van der Waals surface area contributed by atoms with Gasteiger partial charge in [-0.2, -0.15) is 0 Å². The molecule has 2 amide bonds. The van der Waals surface area contributed by atoms with Crippen molar-refractivity contribution >= 4 is 11.7 Å². The Morgan fingerprint density at radius 1 is 1.16 bits per heavy atom. The molecule has 0 aromatic heterocycles. The van der Waals surface area contributed by atoms with Crippen LogP contribution in [-0.2, 0) is 5.41 Å². The lowest BCUT2D eigenvalue weighted by atomic mass is 9.87. The summed E-state index contributed by atoms with van der Waals surface area (Å²) in [6, 6.07) is 10.8. The first kappa shape index (κ1) is 17.4. The summed E-state index contributed by atoms with van der Waals surface area (Å²) in [5, 5.41) is 5.62. The van der Waals surface area contributed by atoms with Crippen molar-refractivity contribution in [2.75, 3.05) is 11.9 Å². The minimum atomic E-state index is -0.597. The third-order valence-corrected chi connectivity index (χ3v) is 5.19. The SMILES string of the molecule is Cc1cccc(NC(=O)NCC2(c3ccc(F)cc3F)CC2(C)C)c1. The van der Waals surface area contributed by atoms with E-state index in [1.807, 2.05) is 45.0 Å². The largest absolute Gasteiger partial charge is 0.337 e. The summed E-state index contributed by atoms with van der Waals surface area (Å²) in [6.07, 6.45) is 0.729. The summed E-state index contributed by atoms with van der Waals surface area (Å²) in [7, 11) is 0. The van der Waals surface area contributed by atoms with E-state index in [-0.39, 0.29) is 11.4 Å². The molecule has 3 rings (SSSR count). The van der Waals surface area contributed by atoms with Crippen LogP contribution in [0, 0.1) is 24.0 Å². The maximum absolute atomic E-state index is 14.3. The van der Waals surface area contributed by atoms with Gasteiger partial charge in [-0.15, -0.1) is 0 Å². The Morgan fingerprint density at radius 3 is 2.48 bits per heavy atom. The Morgan fingerprint density at radius 2 is 1.88 bits per heavy atom. The van der Waals surface area contributed by atoms with E-state index >= 15 is 0 Å². The molecule has 1 aliphatic carbocycles. The van der Waals surface area contributed by atoms with E-state index in [9.17, 15) is 13.6 Å². The second-order valence-corrected chi connectivity index (χ2v) is 7.44. The van der Waals surface area contributed by atoms with Gasteiger partial charge in [-0.3, -0.25) is 0 Å². The second-order valence-electron chi connectivity index (χ2n) is 7.44. The van der Waals surface area contributed by atoms with E-state index in [1.165, 1.54) is 12.1 Å². The van der Waals surface area contributed by atoms with Crippen molar-refractivity contribution in [3.63, 3.8) is 0 Å². The molecule has 1 aliphatic rings. The number of rotatable bonds is 4. The van der Waals surface area contributed by atoms with Gasteiger partial charge in [0.1, 0.15) is 11.6 Å². The molecule has 3 nitrogen and oxygen atoms in total. The molecule has 2 N–H and O–H groups in total. The number of nitrogens with one attached hydrogen (secondary N) is 2. The second kappa shape index (κ2) is 6.14. The van der Waals surface area contributed by atoms with Crippen LogP contribution in [0.25, 0.3) is 0 Å². The van der Waals surface area contributed by atoms with Crippen LogP contribution in [0.4, 0.5) is 19.3 Å². The Balaban J connectivity index is 1.72. The van der Waals surface area contributed by atoms with Crippen LogP contribution in [-0.4, -0.2) is 12.6 Å². The van der Waals surface area contributed by atoms with Crippen molar-refractivity contribution in [2.45, 2.75) is 32.6 Å². The number of anilines is 1. The molecule has 1 unspecified atom stereocenters. The molecule has 1 fully saturated rings. The van der Waals surface area contributed by atoms with Gasteiger partial charge in [0.05, 0.1) is 0 Å². The lowest BCUT2D eigenvalue weighted by Gasteiger charge is -2.22. The number of benzene rings is 2. The highest BCUT2D eigenvalue weighted by Crippen LogP contribution is 2.64. The van der Waals surface area contributed by atoms with E-state index in [0.29, 0.717) is 17.8 Å². The van der Waals surface area contributed by atoms with Crippen molar-refractivity contribution < 1.29 is 13.6 Å². The summed E-state index contributed by atoms with van der Waals surface area (Å²) >= 11 is 0. The summed E-state index contributed by atoms with van der Waals surface area (Å²) in [6.45, 7) is 6.29. The summed E-state index contributed by atoms with van der Waals surface area (Å²) in [4.78, 5) is 12.2. The lowest BCUT2D eigenvalue weighted by molar-refractivity contribution is 0.250. The number of halogens is 2. The zero-order valence-electron chi connectivity index (χ0n) is 14.6. The number of hydrogen-bond donors (Lipinski definition) is 2. The van der Waals surface area contributed by atoms with Crippen LogP contribution in [0.2, 0.25) is 0 Å². The summed E-state index contributed by atoms with van der Waals surface area (Å²) in [5.74, 6) is -1.16. The molecule has 5 heteroatoms. The fourth-order valence-electron chi connectivity index (χ4n) is 3.57. The van der Waals surface area contributed by atoms with Crippen LogP contribution in [0.15, 0.2) is 42.5 Å². The van der Waals surface area contributed by atoms with Crippen molar-refractivity contribution in [3.05, 3.63) is 65.2 Å². The van der Waals surface area contributed by atoms with Crippen LogP contribution in [0.5, 0.6) is 0 Å². The van der Waals surface area contributed by atoms with Crippen molar-refractivity contribution in [3.8, 4) is 0 Å². The van der Waals surface area contributed by atoms with Crippen LogP contribution < -0.4 is 10.6 Å². The molecule has 0 aliphatic heterocycles. The third kappa shape index (κ3) is 3.36. The van der Waals surface area contributed by atoms with Gasteiger partial charge in [-0.25, -0.2) is 13.6 Å². The average molecular weight is 344 g/mol. The molecule has 132 valence electrons. The molecule has 0 bridgehead atoms. The molecule has 1 atom stereocenters. The van der Waals surface area contributed by atoms with Crippen LogP contribution >= 0.6 is 0 Å². The summed E-state index contributed by atoms with van der Waals surface area (Å²) in [5.41, 5.74) is 1.52. The first-order valence-corrected chi connectivity index (χ1v) is 8.31. The van der Waals surface area contributed by atoms with E-state index in [1.54, 1.807) is 0 Å². The molecule has 2 aromatic carbocycles. The normalized spacial score (nSPS) is 20.8. The molecule has 0 heterocycles. The number of carbonyl (C=O) groups excluding carboxylic acids is 1. The fourth-order valence-corrected chi connectivity index (χ4v) is 3.57. The fraction of sp³-hybridized carbons (Fsp3) is 0.350. The highest BCUT2D eigenvalue weighted by molar-refractivity contribution is 5.89. The molecule has 0 spiro atoms. The highest BCUT2D eigenvalue weighted by atomic mass is 19.1. The monoisotopic (exact) mass is 344 g/mol. The van der Waals surface area contributed by atoms with E-state index in [0.717, 1.165) is 18.1 Å². The molecule has 0 radical (unpaired) electrons. The van der Waals surface area contributed by atoms with Gasteiger partial charge < -0.3 is 10.6 Å². The smallest absolute Gasteiger partial charge is 0.319 e. The Kier molecular flexibility index (Phi) is 4.27. The first-order chi connectivity index (χ1) is 11.7. The maximum Gasteiger partial charge on any atom is 0.319 e. The van der Waals surface area contributed by atoms with Crippen molar-refractivity contribution in [2.24, 2.45) is 5.41 Å². The predicted molar refractivity (Wildman–Crippen MR) is 94.6 cm³/mol. The maximum atomic E-state index is 14.3. The van der Waals surface area contributed by atoms with Crippen LogP contribution in [0.1, 0.15) is 31.4 Å². The van der Waals surface area contributed by atoms with Gasteiger partial charge in [-0.05, 0) is 48.1 Å². The highest BCUT2D eigenvalue weighted by Gasteiger charge is 2.62. The van der Waals surface area contributed by atoms with E-state index < -0.39 is 17.0 Å². The topological polar surface area (TPSA) is 41.1 Å². The Labute approximate surface area is 146 Å². The van der Waals surface area contributed by atoms with Gasteiger partial charge in [0.25, 0.3) is 0 Å². The van der Waals surface area contributed by atoms with Gasteiger partial charge in [-0.1, -0.05) is 32.0 Å². The van der Waals surface area contributed by atoms with Crippen molar-refractivity contribution in [1.29, 1.82) is 0 Å². The minimum absolute atomic E-state index is 0.164. The zero-order chi connectivity index (χ0) is 18.2. The van der Waals surface area contributed by atoms with E-state index in [2.05, 4.69) is 10.6 Å². The Hall–Kier alpha value is -2.43. The Bertz CT molecular complexity index is 819. The molecule has 0 saturated heterocycles. The molecule has 1 saturated carbocycles. The number of amides is 2. The summed E-state index contributed by atoms with van der Waals surface area (Å²) < 4.78 is 27.5.